The third kappa shape index (κ3) is 48.8. The van der Waals surface area contributed by atoms with Gasteiger partial charge >= 0.3 is 11.9 Å². The molecule has 0 fully saturated rings. The van der Waals surface area contributed by atoms with E-state index in [0.717, 1.165) is 57.8 Å². The number of ether oxygens (including phenoxy) is 3. The molecule has 0 saturated carbocycles. The predicted molar refractivity (Wildman–Crippen MR) is 261 cm³/mol. The molecular formula is C55H102O5. The summed E-state index contributed by atoms with van der Waals surface area (Å²) in [7, 11) is 0. The summed E-state index contributed by atoms with van der Waals surface area (Å²) in [5.74, 6) is -0.404. The first-order chi connectivity index (χ1) is 29.6. The number of carbonyl (C=O) groups is 2. The van der Waals surface area contributed by atoms with Gasteiger partial charge in [-0.1, -0.05) is 224 Å². The van der Waals surface area contributed by atoms with Crippen molar-refractivity contribution in [2.75, 3.05) is 19.8 Å². The highest BCUT2D eigenvalue weighted by molar-refractivity contribution is 5.70. The Labute approximate surface area is 374 Å². The minimum Gasteiger partial charge on any atom is -0.462 e. The molecule has 0 aromatic heterocycles. The molecule has 0 amide bonds. The Kier molecular flexibility index (Phi) is 49.9. The van der Waals surface area contributed by atoms with Crippen LogP contribution in [0.4, 0.5) is 0 Å². The first-order valence-electron chi connectivity index (χ1n) is 26.5. The van der Waals surface area contributed by atoms with Crippen molar-refractivity contribution in [3.05, 3.63) is 36.5 Å². The van der Waals surface area contributed by atoms with E-state index in [1.165, 1.54) is 186 Å². The summed E-state index contributed by atoms with van der Waals surface area (Å²) in [6, 6.07) is 0. The highest BCUT2D eigenvalue weighted by atomic mass is 16.6. The number of carbonyl (C=O) groups excluding carboxylic acids is 2. The van der Waals surface area contributed by atoms with Gasteiger partial charge in [0.1, 0.15) is 6.61 Å². The first kappa shape index (κ1) is 58.1. The fourth-order valence-electron chi connectivity index (χ4n) is 7.65. The first-order valence-corrected chi connectivity index (χ1v) is 26.5. The van der Waals surface area contributed by atoms with Gasteiger partial charge in [0.05, 0.1) is 6.61 Å². The Morgan fingerprint density at radius 2 is 0.700 bits per heavy atom. The van der Waals surface area contributed by atoms with E-state index in [0.29, 0.717) is 19.4 Å². The molecule has 1 atom stereocenters. The summed E-state index contributed by atoms with van der Waals surface area (Å²) >= 11 is 0. The summed E-state index contributed by atoms with van der Waals surface area (Å²) in [5, 5.41) is 0. The smallest absolute Gasteiger partial charge is 0.306 e. The van der Waals surface area contributed by atoms with Gasteiger partial charge in [-0.15, -0.1) is 0 Å². The minimum absolute atomic E-state index is 0.0819. The van der Waals surface area contributed by atoms with Crippen LogP contribution in [-0.2, 0) is 23.8 Å². The Morgan fingerprint density at radius 3 is 1.15 bits per heavy atom. The lowest BCUT2D eigenvalue weighted by atomic mass is 10.1. The van der Waals surface area contributed by atoms with E-state index in [2.05, 4.69) is 57.2 Å². The summed E-state index contributed by atoms with van der Waals surface area (Å²) in [5.41, 5.74) is 0. The second-order valence-electron chi connectivity index (χ2n) is 17.8. The van der Waals surface area contributed by atoms with E-state index in [1.807, 2.05) is 0 Å². The van der Waals surface area contributed by atoms with Crippen molar-refractivity contribution in [3.63, 3.8) is 0 Å². The van der Waals surface area contributed by atoms with Crippen LogP contribution in [0.5, 0.6) is 0 Å². The van der Waals surface area contributed by atoms with Crippen LogP contribution >= 0.6 is 0 Å². The molecule has 0 aliphatic carbocycles. The van der Waals surface area contributed by atoms with Gasteiger partial charge in [-0.3, -0.25) is 9.59 Å². The van der Waals surface area contributed by atoms with Crippen LogP contribution in [-0.4, -0.2) is 37.9 Å². The maximum Gasteiger partial charge on any atom is 0.306 e. The van der Waals surface area contributed by atoms with Crippen molar-refractivity contribution in [1.29, 1.82) is 0 Å². The third-order valence-corrected chi connectivity index (χ3v) is 11.6. The molecular weight excluding hydrogens is 741 g/mol. The second-order valence-corrected chi connectivity index (χ2v) is 17.8. The van der Waals surface area contributed by atoms with Crippen molar-refractivity contribution in [2.24, 2.45) is 0 Å². The van der Waals surface area contributed by atoms with Crippen LogP contribution < -0.4 is 0 Å². The van der Waals surface area contributed by atoms with Gasteiger partial charge in [-0.2, -0.15) is 0 Å². The van der Waals surface area contributed by atoms with Gasteiger partial charge in [0.25, 0.3) is 0 Å². The van der Waals surface area contributed by atoms with Crippen LogP contribution in [0.15, 0.2) is 36.5 Å². The maximum atomic E-state index is 12.7. The van der Waals surface area contributed by atoms with Gasteiger partial charge in [-0.05, 0) is 77.0 Å². The van der Waals surface area contributed by atoms with Gasteiger partial charge in [0.2, 0.25) is 0 Å². The zero-order valence-electron chi connectivity index (χ0n) is 40.5. The van der Waals surface area contributed by atoms with E-state index in [4.69, 9.17) is 14.2 Å². The average Bonchev–Trinajstić information content (AvgIpc) is 3.25. The third-order valence-electron chi connectivity index (χ3n) is 11.6. The van der Waals surface area contributed by atoms with Crippen molar-refractivity contribution < 1.29 is 23.8 Å². The molecule has 0 heterocycles. The van der Waals surface area contributed by atoms with Gasteiger partial charge in [-0.25, -0.2) is 0 Å². The standard InChI is InChI=1S/C55H102O5/c1-4-7-10-13-16-19-21-23-25-26-27-28-29-31-33-35-38-41-44-47-50-58-51-53(60-55(57)49-46-43-40-36-18-15-12-9-6-3)52-59-54(56)48-45-42-39-37-34-32-30-24-22-20-17-14-11-8-5-2/h17,20,23-25,30,53H,4-16,18-19,21-22,26-29,31-52H2,1-3H3/b20-17-,25-23-,30-24-. The number of allylic oxidation sites excluding steroid dienone is 6. The van der Waals surface area contributed by atoms with Crippen LogP contribution in [0.25, 0.3) is 0 Å². The zero-order chi connectivity index (χ0) is 43.5. The van der Waals surface area contributed by atoms with E-state index in [1.54, 1.807) is 0 Å². The van der Waals surface area contributed by atoms with Crippen LogP contribution in [0.1, 0.15) is 278 Å². The summed E-state index contributed by atoms with van der Waals surface area (Å²) in [6.07, 6.45) is 61.6. The lowest BCUT2D eigenvalue weighted by molar-refractivity contribution is -0.163. The molecule has 352 valence electrons. The molecule has 0 saturated heterocycles. The SMILES string of the molecule is CCCCC/C=C\C/C=C\CCCCCCCC(=O)OCC(COCCCCCCCCCCCC/C=C\CCCCCCCC)OC(=O)CCCCCCCCCCC. The lowest BCUT2D eigenvalue weighted by Gasteiger charge is -2.18. The average molecular weight is 843 g/mol. The second kappa shape index (κ2) is 51.5. The molecule has 0 aliphatic rings. The van der Waals surface area contributed by atoms with Gasteiger partial charge in [0.15, 0.2) is 6.10 Å². The van der Waals surface area contributed by atoms with Crippen molar-refractivity contribution in [3.8, 4) is 0 Å². The van der Waals surface area contributed by atoms with Gasteiger partial charge < -0.3 is 14.2 Å². The molecule has 60 heavy (non-hydrogen) atoms. The van der Waals surface area contributed by atoms with Crippen molar-refractivity contribution >= 4 is 11.9 Å². The largest absolute Gasteiger partial charge is 0.462 e. The Bertz CT molecular complexity index is 955. The van der Waals surface area contributed by atoms with E-state index in [-0.39, 0.29) is 25.2 Å². The molecule has 0 spiro atoms. The highest BCUT2D eigenvalue weighted by Crippen LogP contribution is 2.15. The summed E-state index contributed by atoms with van der Waals surface area (Å²) < 4.78 is 17.4. The molecule has 0 rings (SSSR count). The quantitative estimate of drug-likeness (QED) is 0.0347. The topological polar surface area (TPSA) is 61.8 Å². The number of rotatable bonds is 49. The van der Waals surface area contributed by atoms with E-state index >= 15 is 0 Å². The van der Waals surface area contributed by atoms with Crippen LogP contribution in [0.3, 0.4) is 0 Å². The Balaban J connectivity index is 4.15. The molecule has 5 heteroatoms. The number of unbranched alkanes of at least 4 members (excludes halogenated alkanes) is 32. The number of hydrogen-bond acceptors (Lipinski definition) is 5. The molecule has 0 radical (unpaired) electrons. The summed E-state index contributed by atoms with van der Waals surface area (Å²) in [4.78, 5) is 25.3. The highest BCUT2D eigenvalue weighted by Gasteiger charge is 2.17. The zero-order valence-corrected chi connectivity index (χ0v) is 40.5. The lowest BCUT2D eigenvalue weighted by Crippen LogP contribution is -2.30. The van der Waals surface area contributed by atoms with Crippen LogP contribution in [0.2, 0.25) is 0 Å². The predicted octanol–water partition coefficient (Wildman–Crippen LogP) is 17.8. The molecule has 0 bridgehead atoms. The van der Waals surface area contributed by atoms with E-state index < -0.39 is 6.10 Å². The number of esters is 2. The molecule has 0 aliphatic heterocycles. The van der Waals surface area contributed by atoms with Crippen molar-refractivity contribution in [2.45, 2.75) is 284 Å². The molecule has 0 N–H and O–H groups in total. The normalized spacial score (nSPS) is 12.4. The maximum absolute atomic E-state index is 12.7. The summed E-state index contributed by atoms with van der Waals surface area (Å²) in [6.45, 7) is 7.80. The number of hydrogen-bond donors (Lipinski definition) is 0. The Hall–Kier alpha value is -1.88. The molecule has 5 nitrogen and oxygen atoms in total. The molecule has 0 aromatic rings. The fourth-order valence-corrected chi connectivity index (χ4v) is 7.65. The van der Waals surface area contributed by atoms with Gasteiger partial charge in [0, 0.05) is 19.4 Å². The Morgan fingerprint density at radius 1 is 0.367 bits per heavy atom. The fraction of sp³-hybridized carbons (Fsp3) is 0.855. The molecule has 0 aromatic carbocycles. The monoisotopic (exact) mass is 843 g/mol. The van der Waals surface area contributed by atoms with Crippen molar-refractivity contribution in [1.82, 2.24) is 0 Å². The van der Waals surface area contributed by atoms with E-state index in [9.17, 15) is 9.59 Å². The molecule has 1 unspecified atom stereocenters. The van der Waals surface area contributed by atoms with Crippen LogP contribution in [0, 0.1) is 0 Å². The minimum atomic E-state index is -0.536.